The number of nitrogens with one attached hydrogen (secondary N) is 1. The molecule has 0 heterocycles. The molecule has 0 amide bonds. The number of hydrogen-bond acceptors (Lipinski definition) is 2. The van der Waals surface area contributed by atoms with Gasteiger partial charge in [0, 0.05) is 12.6 Å². The first kappa shape index (κ1) is 10.1. The van der Waals surface area contributed by atoms with Crippen LogP contribution in [0, 0.1) is 0 Å². The summed E-state index contributed by atoms with van der Waals surface area (Å²) in [5.41, 5.74) is 7.02. The summed E-state index contributed by atoms with van der Waals surface area (Å²) in [4.78, 5) is 0. The molecule has 2 rings (SSSR count). The fourth-order valence-electron chi connectivity index (χ4n) is 1.95. The summed E-state index contributed by atoms with van der Waals surface area (Å²) in [6, 6.07) is 15.0. The van der Waals surface area contributed by atoms with E-state index >= 15 is 0 Å². The molecule has 15 heavy (non-hydrogen) atoms. The molecule has 0 fully saturated rings. The number of fused-ring (bicyclic) bond motifs is 1. The van der Waals surface area contributed by atoms with Crippen LogP contribution in [0.2, 0.25) is 0 Å². The molecule has 0 aliphatic carbocycles. The van der Waals surface area contributed by atoms with Crippen LogP contribution in [0.3, 0.4) is 0 Å². The molecule has 0 radical (unpaired) electrons. The molecule has 78 valence electrons. The van der Waals surface area contributed by atoms with Gasteiger partial charge in [-0.3, -0.25) is 0 Å². The SMILES string of the molecule is CNC(CN)c1cccc2ccccc12. The molecule has 0 aromatic heterocycles. The summed E-state index contributed by atoms with van der Waals surface area (Å²) in [6.45, 7) is 0.616. The summed E-state index contributed by atoms with van der Waals surface area (Å²) < 4.78 is 0. The topological polar surface area (TPSA) is 38.0 Å². The normalized spacial score (nSPS) is 12.9. The Morgan fingerprint density at radius 1 is 1.13 bits per heavy atom. The van der Waals surface area contributed by atoms with Crippen molar-refractivity contribution in [1.82, 2.24) is 5.32 Å². The third-order valence-electron chi connectivity index (χ3n) is 2.78. The average molecular weight is 200 g/mol. The van der Waals surface area contributed by atoms with Crippen LogP contribution in [-0.2, 0) is 0 Å². The molecule has 0 bridgehead atoms. The lowest BCUT2D eigenvalue weighted by molar-refractivity contribution is 0.610. The van der Waals surface area contributed by atoms with Gasteiger partial charge in [-0.25, -0.2) is 0 Å². The molecule has 0 aliphatic heterocycles. The third-order valence-corrected chi connectivity index (χ3v) is 2.78. The third kappa shape index (κ3) is 1.87. The first-order valence-corrected chi connectivity index (χ1v) is 5.22. The second-order valence-electron chi connectivity index (χ2n) is 3.65. The molecule has 2 heteroatoms. The molecule has 0 aliphatic rings. The minimum absolute atomic E-state index is 0.232. The van der Waals surface area contributed by atoms with E-state index in [0.29, 0.717) is 6.54 Å². The Kier molecular flexibility index (Phi) is 2.99. The van der Waals surface area contributed by atoms with Crippen molar-refractivity contribution in [3.63, 3.8) is 0 Å². The number of likely N-dealkylation sites (N-methyl/N-ethyl adjacent to an activating group) is 1. The monoisotopic (exact) mass is 200 g/mol. The van der Waals surface area contributed by atoms with E-state index < -0.39 is 0 Å². The maximum atomic E-state index is 5.74. The molecule has 2 aromatic rings. The van der Waals surface area contributed by atoms with E-state index in [1.54, 1.807) is 0 Å². The molecule has 0 spiro atoms. The minimum atomic E-state index is 0.232. The highest BCUT2D eigenvalue weighted by molar-refractivity contribution is 5.86. The van der Waals surface area contributed by atoms with Crippen molar-refractivity contribution in [2.75, 3.05) is 13.6 Å². The van der Waals surface area contributed by atoms with E-state index in [2.05, 4.69) is 47.8 Å². The van der Waals surface area contributed by atoms with E-state index in [1.807, 2.05) is 7.05 Å². The zero-order valence-electron chi connectivity index (χ0n) is 8.90. The van der Waals surface area contributed by atoms with Crippen LogP contribution in [0.4, 0.5) is 0 Å². The maximum Gasteiger partial charge on any atom is 0.0448 e. The van der Waals surface area contributed by atoms with Crippen LogP contribution >= 0.6 is 0 Å². The van der Waals surface area contributed by atoms with E-state index in [1.165, 1.54) is 16.3 Å². The van der Waals surface area contributed by atoms with E-state index in [4.69, 9.17) is 5.73 Å². The number of benzene rings is 2. The zero-order valence-corrected chi connectivity index (χ0v) is 8.90. The van der Waals surface area contributed by atoms with Gasteiger partial charge in [0.1, 0.15) is 0 Å². The van der Waals surface area contributed by atoms with Crippen LogP contribution < -0.4 is 11.1 Å². The van der Waals surface area contributed by atoms with E-state index in [9.17, 15) is 0 Å². The van der Waals surface area contributed by atoms with E-state index in [-0.39, 0.29) is 6.04 Å². The summed E-state index contributed by atoms with van der Waals surface area (Å²) in [5.74, 6) is 0. The largest absolute Gasteiger partial charge is 0.329 e. The Morgan fingerprint density at radius 2 is 1.87 bits per heavy atom. The van der Waals surface area contributed by atoms with Gasteiger partial charge in [-0.15, -0.1) is 0 Å². The Balaban J connectivity index is 2.59. The lowest BCUT2D eigenvalue weighted by atomic mass is 9.99. The number of nitrogens with two attached hydrogens (primary N) is 1. The van der Waals surface area contributed by atoms with Crippen molar-refractivity contribution in [3.8, 4) is 0 Å². The molecular formula is C13H16N2. The van der Waals surface area contributed by atoms with Crippen LogP contribution in [0.1, 0.15) is 11.6 Å². The molecule has 0 saturated heterocycles. The Morgan fingerprint density at radius 3 is 2.60 bits per heavy atom. The fourth-order valence-corrected chi connectivity index (χ4v) is 1.95. The number of hydrogen-bond donors (Lipinski definition) is 2. The van der Waals surface area contributed by atoms with Crippen LogP contribution in [0.25, 0.3) is 10.8 Å². The summed E-state index contributed by atoms with van der Waals surface area (Å²) in [7, 11) is 1.94. The second kappa shape index (κ2) is 4.43. The smallest absolute Gasteiger partial charge is 0.0448 e. The van der Waals surface area contributed by atoms with Gasteiger partial charge in [0.15, 0.2) is 0 Å². The fraction of sp³-hybridized carbons (Fsp3) is 0.231. The van der Waals surface area contributed by atoms with Crippen molar-refractivity contribution >= 4 is 10.8 Å². The number of rotatable bonds is 3. The Labute approximate surface area is 90.1 Å². The van der Waals surface area contributed by atoms with Gasteiger partial charge >= 0.3 is 0 Å². The van der Waals surface area contributed by atoms with Crippen LogP contribution in [-0.4, -0.2) is 13.6 Å². The summed E-state index contributed by atoms with van der Waals surface area (Å²) >= 11 is 0. The highest BCUT2D eigenvalue weighted by atomic mass is 14.9. The Hall–Kier alpha value is -1.38. The van der Waals surface area contributed by atoms with Gasteiger partial charge in [0.05, 0.1) is 0 Å². The lowest BCUT2D eigenvalue weighted by Crippen LogP contribution is -2.24. The van der Waals surface area contributed by atoms with Gasteiger partial charge in [-0.05, 0) is 23.4 Å². The molecule has 1 unspecified atom stereocenters. The van der Waals surface area contributed by atoms with Crippen molar-refractivity contribution in [1.29, 1.82) is 0 Å². The van der Waals surface area contributed by atoms with Crippen molar-refractivity contribution < 1.29 is 0 Å². The molecular weight excluding hydrogens is 184 g/mol. The zero-order chi connectivity index (χ0) is 10.7. The van der Waals surface area contributed by atoms with Crippen LogP contribution in [0.5, 0.6) is 0 Å². The molecule has 0 saturated carbocycles. The minimum Gasteiger partial charge on any atom is -0.329 e. The van der Waals surface area contributed by atoms with Crippen molar-refractivity contribution in [2.45, 2.75) is 6.04 Å². The quantitative estimate of drug-likeness (QED) is 0.796. The Bertz CT molecular complexity index is 442. The predicted molar refractivity (Wildman–Crippen MR) is 64.8 cm³/mol. The molecule has 2 nitrogen and oxygen atoms in total. The van der Waals surface area contributed by atoms with Gasteiger partial charge in [0.2, 0.25) is 0 Å². The first-order chi connectivity index (χ1) is 7.36. The van der Waals surface area contributed by atoms with Crippen molar-refractivity contribution in [3.05, 3.63) is 48.0 Å². The molecule has 2 aromatic carbocycles. The van der Waals surface area contributed by atoms with Crippen LogP contribution in [0.15, 0.2) is 42.5 Å². The predicted octanol–water partition coefficient (Wildman–Crippen LogP) is 2.06. The summed E-state index contributed by atoms with van der Waals surface area (Å²) in [5, 5.41) is 5.78. The van der Waals surface area contributed by atoms with Gasteiger partial charge in [-0.1, -0.05) is 42.5 Å². The van der Waals surface area contributed by atoms with Gasteiger partial charge < -0.3 is 11.1 Å². The highest BCUT2D eigenvalue weighted by Gasteiger charge is 2.09. The highest BCUT2D eigenvalue weighted by Crippen LogP contribution is 2.23. The summed E-state index contributed by atoms with van der Waals surface area (Å²) in [6.07, 6.45) is 0. The van der Waals surface area contributed by atoms with Gasteiger partial charge in [0.25, 0.3) is 0 Å². The first-order valence-electron chi connectivity index (χ1n) is 5.22. The van der Waals surface area contributed by atoms with E-state index in [0.717, 1.165) is 0 Å². The standard InChI is InChI=1S/C13H16N2/c1-15-13(9-14)12-8-4-6-10-5-2-3-7-11(10)12/h2-8,13,15H,9,14H2,1H3. The lowest BCUT2D eigenvalue weighted by Gasteiger charge is -2.16. The van der Waals surface area contributed by atoms with Crippen molar-refractivity contribution in [2.24, 2.45) is 5.73 Å². The average Bonchev–Trinajstić information content (AvgIpc) is 2.31. The molecule has 1 atom stereocenters. The molecule has 3 N–H and O–H groups in total. The maximum absolute atomic E-state index is 5.74. The second-order valence-corrected chi connectivity index (χ2v) is 3.65. The van der Waals surface area contributed by atoms with Gasteiger partial charge in [-0.2, -0.15) is 0 Å².